The lowest BCUT2D eigenvalue weighted by Crippen LogP contribution is -2.61. The first-order valence-corrected chi connectivity index (χ1v) is 13.4. The molecule has 1 fully saturated rings. The van der Waals surface area contributed by atoms with E-state index in [1.54, 1.807) is 18.2 Å². The number of carboxylic acid groups (broad SMARTS) is 1. The Morgan fingerprint density at radius 3 is 2.42 bits per heavy atom. The summed E-state index contributed by atoms with van der Waals surface area (Å²) in [6.45, 7) is 11.6. The average molecular weight is 564 g/mol. The largest absolute Gasteiger partial charge is 0.478 e. The van der Waals surface area contributed by atoms with Crippen LogP contribution in [0, 0.1) is 5.82 Å². The Hall–Kier alpha value is -3.98. The molecule has 3 aromatic heterocycles. The van der Waals surface area contributed by atoms with Gasteiger partial charge in [0.2, 0.25) is 0 Å². The summed E-state index contributed by atoms with van der Waals surface area (Å²) in [7, 11) is 0. The number of pyridine rings is 2. The van der Waals surface area contributed by atoms with Crippen LogP contribution in [0.25, 0.3) is 22.2 Å². The van der Waals surface area contributed by atoms with E-state index in [2.05, 4.69) is 4.98 Å². The Bertz CT molecular complexity index is 1630. The number of hydrogen-bond donors (Lipinski definition) is 1. The van der Waals surface area contributed by atoms with Crippen molar-refractivity contribution in [1.29, 1.82) is 0 Å². The minimum Gasteiger partial charge on any atom is -0.478 e. The second kappa shape index (κ2) is 9.89. The highest BCUT2D eigenvalue weighted by molar-refractivity contribution is 6.30. The Kier molecular flexibility index (Phi) is 6.82. The highest BCUT2D eigenvalue weighted by Crippen LogP contribution is 2.35. The molecule has 0 atom stereocenters. The maximum atomic E-state index is 14.3. The van der Waals surface area contributed by atoms with Gasteiger partial charge in [0.05, 0.1) is 16.1 Å². The fourth-order valence-electron chi connectivity index (χ4n) is 5.19. The SMILES string of the molecule is CC1(C)CN(c2ccc(C(=O)O)cn2)CCN1C(=O)c1ccc2c(-c3ccc(Cl)c(F)c3)cn(C(C)(C)C)c2n1. The number of amides is 1. The van der Waals surface area contributed by atoms with Crippen LogP contribution in [-0.2, 0) is 5.54 Å². The van der Waals surface area contributed by atoms with Gasteiger partial charge in [-0.3, -0.25) is 4.79 Å². The summed E-state index contributed by atoms with van der Waals surface area (Å²) in [5.74, 6) is -1.03. The number of fused-ring (bicyclic) bond motifs is 1. The molecule has 0 aliphatic carbocycles. The van der Waals surface area contributed by atoms with Crippen LogP contribution < -0.4 is 4.90 Å². The highest BCUT2D eigenvalue weighted by Gasteiger charge is 2.38. The van der Waals surface area contributed by atoms with Crippen LogP contribution in [0.1, 0.15) is 55.5 Å². The lowest BCUT2D eigenvalue weighted by atomic mass is 9.97. The van der Waals surface area contributed by atoms with E-state index >= 15 is 0 Å². The maximum absolute atomic E-state index is 14.3. The van der Waals surface area contributed by atoms with Gasteiger partial charge in [0.25, 0.3) is 5.91 Å². The number of piperazine rings is 1. The van der Waals surface area contributed by atoms with Gasteiger partial charge in [0.1, 0.15) is 23.0 Å². The molecule has 1 aliphatic rings. The third-order valence-corrected chi connectivity index (χ3v) is 7.60. The molecule has 1 amide bonds. The normalized spacial score (nSPS) is 15.5. The predicted octanol–water partition coefficient (Wildman–Crippen LogP) is 6.09. The van der Waals surface area contributed by atoms with Crippen molar-refractivity contribution in [1.82, 2.24) is 19.4 Å². The zero-order valence-electron chi connectivity index (χ0n) is 23.1. The molecule has 1 N–H and O–H groups in total. The van der Waals surface area contributed by atoms with Gasteiger partial charge in [-0.05, 0) is 76.6 Å². The van der Waals surface area contributed by atoms with Crippen molar-refractivity contribution in [3.63, 3.8) is 0 Å². The molecule has 4 aromatic rings. The van der Waals surface area contributed by atoms with Crippen LogP contribution in [0.15, 0.2) is 54.9 Å². The number of nitrogens with zero attached hydrogens (tertiary/aromatic N) is 5. The lowest BCUT2D eigenvalue weighted by Gasteiger charge is -2.47. The van der Waals surface area contributed by atoms with E-state index < -0.39 is 17.3 Å². The highest BCUT2D eigenvalue weighted by atomic mass is 35.5. The van der Waals surface area contributed by atoms with E-state index in [9.17, 15) is 14.0 Å². The molecule has 5 rings (SSSR count). The van der Waals surface area contributed by atoms with Crippen molar-refractivity contribution in [3.05, 3.63) is 77.0 Å². The summed E-state index contributed by atoms with van der Waals surface area (Å²) in [5.41, 5.74) is 1.70. The van der Waals surface area contributed by atoms with Gasteiger partial charge in [-0.1, -0.05) is 17.7 Å². The third kappa shape index (κ3) is 5.01. The molecule has 10 heteroatoms. The van der Waals surface area contributed by atoms with E-state index in [-0.39, 0.29) is 22.0 Å². The predicted molar refractivity (Wildman–Crippen MR) is 154 cm³/mol. The van der Waals surface area contributed by atoms with Crippen molar-refractivity contribution in [2.75, 3.05) is 24.5 Å². The van der Waals surface area contributed by atoms with Crippen molar-refractivity contribution in [2.24, 2.45) is 0 Å². The maximum Gasteiger partial charge on any atom is 0.337 e. The number of hydrogen-bond acceptors (Lipinski definition) is 5. The fraction of sp³-hybridized carbons (Fsp3) is 0.333. The summed E-state index contributed by atoms with van der Waals surface area (Å²) in [6.07, 6.45) is 3.29. The van der Waals surface area contributed by atoms with Gasteiger partial charge in [0.15, 0.2) is 0 Å². The number of halogens is 2. The van der Waals surface area contributed by atoms with E-state index in [0.717, 1.165) is 10.9 Å². The summed E-state index contributed by atoms with van der Waals surface area (Å²) in [5, 5.41) is 10.0. The van der Waals surface area contributed by atoms with Crippen LogP contribution in [0.5, 0.6) is 0 Å². The van der Waals surface area contributed by atoms with Crippen molar-refractivity contribution in [3.8, 4) is 11.1 Å². The Morgan fingerprint density at radius 2 is 1.82 bits per heavy atom. The number of anilines is 1. The average Bonchev–Trinajstić information content (AvgIpc) is 3.29. The number of carboxylic acids is 1. The van der Waals surface area contributed by atoms with E-state index in [1.807, 2.05) is 61.2 Å². The molecule has 4 heterocycles. The third-order valence-electron chi connectivity index (χ3n) is 7.29. The Morgan fingerprint density at radius 1 is 1.07 bits per heavy atom. The van der Waals surface area contributed by atoms with Crippen LogP contribution in [0.3, 0.4) is 0 Å². The number of carbonyl (C=O) groups excluding carboxylic acids is 1. The van der Waals surface area contributed by atoms with Gasteiger partial charge in [-0.2, -0.15) is 0 Å². The second-order valence-electron chi connectivity index (χ2n) is 11.7. The zero-order chi connectivity index (χ0) is 29.0. The molecule has 1 aliphatic heterocycles. The smallest absolute Gasteiger partial charge is 0.337 e. The number of aromatic nitrogens is 3. The first kappa shape index (κ1) is 27.6. The monoisotopic (exact) mass is 563 g/mol. The van der Waals surface area contributed by atoms with Gasteiger partial charge >= 0.3 is 5.97 Å². The number of rotatable bonds is 4. The quantitative estimate of drug-likeness (QED) is 0.323. The molecule has 0 saturated carbocycles. The Balaban J connectivity index is 1.46. The minimum atomic E-state index is -1.02. The molecule has 208 valence electrons. The van der Waals surface area contributed by atoms with Crippen LogP contribution in [-0.4, -0.2) is 61.6 Å². The molecule has 40 heavy (non-hydrogen) atoms. The standard InChI is InChI=1S/C30H31ClFN5O3/c1-29(2,3)37-16-21(18-6-9-22(31)23(32)14-18)20-8-10-24(34-26(20)37)27(38)36-13-12-35(17-30(36,4)5)25-11-7-19(15-33-25)28(39)40/h6-11,14-16H,12-13,17H2,1-5H3,(H,39,40). The summed E-state index contributed by atoms with van der Waals surface area (Å²) in [6, 6.07) is 11.5. The van der Waals surface area contributed by atoms with Crippen molar-refractivity contribution in [2.45, 2.75) is 45.7 Å². The van der Waals surface area contributed by atoms with Crippen LogP contribution >= 0.6 is 11.6 Å². The zero-order valence-corrected chi connectivity index (χ0v) is 23.8. The molecule has 0 radical (unpaired) electrons. The second-order valence-corrected chi connectivity index (χ2v) is 12.1. The fourth-order valence-corrected chi connectivity index (χ4v) is 5.31. The molecule has 0 bridgehead atoms. The van der Waals surface area contributed by atoms with Crippen molar-refractivity contribution >= 4 is 40.3 Å². The first-order chi connectivity index (χ1) is 18.8. The van der Waals surface area contributed by atoms with Gasteiger partial charge in [-0.15, -0.1) is 0 Å². The van der Waals surface area contributed by atoms with E-state index in [1.165, 1.54) is 24.4 Å². The number of aromatic carboxylic acids is 1. The first-order valence-electron chi connectivity index (χ1n) is 13.0. The molecular weight excluding hydrogens is 533 g/mol. The molecule has 1 saturated heterocycles. The summed E-state index contributed by atoms with van der Waals surface area (Å²) >= 11 is 5.92. The minimum absolute atomic E-state index is 0.0603. The molecule has 1 aromatic carbocycles. The van der Waals surface area contributed by atoms with Crippen LogP contribution in [0.4, 0.5) is 10.2 Å². The van der Waals surface area contributed by atoms with Gasteiger partial charge in [-0.25, -0.2) is 19.2 Å². The Labute approximate surface area is 237 Å². The van der Waals surface area contributed by atoms with Gasteiger partial charge < -0.3 is 19.5 Å². The number of benzene rings is 1. The van der Waals surface area contributed by atoms with E-state index in [0.29, 0.717) is 42.4 Å². The topological polar surface area (TPSA) is 91.6 Å². The summed E-state index contributed by atoms with van der Waals surface area (Å²) in [4.78, 5) is 38.0. The molecule has 8 nitrogen and oxygen atoms in total. The van der Waals surface area contributed by atoms with Crippen LogP contribution in [0.2, 0.25) is 5.02 Å². The van der Waals surface area contributed by atoms with E-state index in [4.69, 9.17) is 21.7 Å². The van der Waals surface area contributed by atoms with Gasteiger partial charge in [0, 0.05) is 48.5 Å². The summed E-state index contributed by atoms with van der Waals surface area (Å²) < 4.78 is 16.3. The van der Waals surface area contributed by atoms with Crippen molar-refractivity contribution < 1.29 is 19.1 Å². The number of carbonyl (C=O) groups is 2. The molecule has 0 unspecified atom stereocenters. The molecule has 0 spiro atoms. The lowest BCUT2D eigenvalue weighted by molar-refractivity contribution is 0.0507. The molecular formula is C30H31ClFN5O3.